The lowest BCUT2D eigenvalue weighted by Crippen LogP contribution is -2.07. The van der Waals surface area contributed by atoms with Crippen molar-refractivity contribution < 1.29 is 0 Å². The molecule has 0 radical (unpaired) electrons. The van der Waals surface area contributed by atoms with Gasteiger partial charge in [0, 0.05) is 30.9 Å². The number of halogens is 2. The van der Waals surface area contributed by atoms with Gasteiger partial charge in [-0.1, -0.05) is 0 Å². The predicted octanol–water partition coefficient (Wildman–Crippen LogP) is 0.884. The number of nitrogens with one attached hydrogen (secondary N) is 2. The first kappa shape index (κ1) is 9.92. The largest absolute Gasteiger partial charge is 0.389 e. The van der Waals surface area contributed by atoms with Gasteiger partial charge in [-0.2, -0.15) is 0 Å². The molecule has 1 fully saturated rings. The van der Waals surface area contributed by atoms with Crippen molar-refractivity contribution in [3.05, 3.63) is 11.9 Å². The Morgan fingerprint density at radius 3 is 2.90 bits per heavy atom. The van der Waals surface area contributed by atoms with Crippen LogP contribution < -0.4 is 10.6 Å². The third-order valence-corrected chi connectivity index (χ3v) is 1.88. The lowest BCUT2D eigenvalue weighted by Gasteiger charge is -1.97. The van der Waals surface area contributed by atoms with Gasteiger partial charge < -0.3 is 10.6 Å². The molecule has 0 saturated carbocycles. The Labute approximate surface area is 73.3 Å². The van der Waals surface area contributed by atoms with E-state index < -0.39 is 0 Å². The fourth-order valence-corrected chi connectivity index (χ4v) is 1.38. The van der Waals surface area contributed by atoms with Crippen molar-refractivity contribution in [2.45, 2.75) is 6.42 Å². The highest BCUT2D eigenvalue weighted by Gasteiger charge is 2.23. The number of rotatable bonds is 0. The topological polar surface area (TPSA) is 24.1 Å². The summed E-state index contributed by atoms with van der Waals surface area (Å²) < 4.78 is 0. The van der Waals surface area contributed by atoms with Crippen LogP contribution in [0, 0.1) is 5.92 Å². The minimum Gasteiger partial charge on any atom is -0.389 e. The molecule has 1 unspecified atom stereocenters. The second-order valence-electron chi connectivity index (χ2n) is 2.42. The molecule has 1 saturated heterocycles. The van der Waals surface area contributed by atoms with Crippen molar-refractivity contribution in [1.29, 1.82) is 0 Å². The fourth-order valence-electron chi connectivity index (χ4n) is 1.38. The average Bonchev–Trinajstić information content (AvgIpc) is 2.15. The van der Waals surface area contributed by atoms with E-state index in [2.05, 4.69) is 16.8 Å². The van der Waals surface area contributed by atoms with Crippen LogP contribution in [0.3, 0.4) is 0 Å². The van der Waals surface area contributed by atoms with Crippen LogP contribution in [0.5, 0.6) is 0 Å². The molecular formula is C6H12Cl2N2. The van der Waals surface area contributed by atoms with Crippen LogP contribution in [0.1, 0.15) is 6.42 Å². The molecule has 0 bridgehead atoms. The van der Waals surface area contributed by atoms with Crippen LogP contribution in [0.2, 0.25) is 0 Å². The van der Waals surface area contributed by atoms with E-state index in [1.165, 1.54) is 18.7 Å². The molecule has 2 nitrogen and oxygen atoms in total. The smallest absolute Gasteiger partial charge is 0.0316 e. The highest BCUT2D eigenvalue weighted by atomic mass is 35.5. The van der Waals surface area contributed by atoms with E-state index in [4.69, 9.17) is 0 Å². The number of fused-ring (bicyclic) bond motifs is 1. The van der Waals surface area contributed by atoms with Crippen LogP contribution >= 0.6 is 24.8 Å². The van der Waals surface area contributed by atoms with Crippen LogP contribution in [0.4, 0.5) is 0 Å². The predicted molar refractivity (Wildman–Crippen MR) is 46.7 cm³/mol. The second-order valence-corrected chi connectivity index (χ2v) is 2.42. The summed E-state index contributed by atoms with van der Waals surface area (Å²) in [5.74, 6) is 0.815. The Kier molecular flexibility index (Phi) is 3.91. The third-order valence-electron chi connectivity index (χ3n) is 1.88. The summed E-state index contributed by atoms with van der Waals surface area (Å²) in [6.07, 6.45) is 3.41. The number of hydrogen-bond donors (Lipinski definition) is 2. The minimum atomic E-state index is 0. The van der Waals surface area contributed by atoms with Gasteiger partial charge >= 0.3 is 0 Å². The van der Waals surface area contributed by atoms with Gasteiger partial charge in [-0.05, 0) is 6.42 Å². The van der Waals surface area contributed by atoms with E-state index in [-0.39, 0.29) is 24.8 Å². The van der Waals surface area contributed by atoms with Gasteiger partial charge in [0.25, 0.3) is 0 Å². The molecule has 0 amide bonds. The van der Waals surface area contributed by atoms with Crippen molar-refractivity contribution in [3.8, 4) is 0 Å². The molecule has 0 aromatic rings. The molecule has 2 rings (SSSR count). The van der Waals surface area contributed by atoms with Crippen molar-refractivity contribution in [3.63, 3.8) is 0 Å². The van der Waals surface area contributed by atoms with Gasteiger partial charge in [0.15, 0.2) is 0 Å². The highest BCUT2D eigenvalue weighted by Crippen LogP contribution is 2.20. The van der Waals surface area contributed by atoms with Crippen molar-refractivity contribution in [2.75, 3.05) is 13.1 Å². The maximum Gasteiger partial charge on any atom is 0.0316 e. The lowest BCUT2D eigenvalue weighted by atomic mass is 10.1. The van der Waals surface area contributed by atoms with E-state index in [1.54, 1.807) is 0 Å². The highest BCUT2D eigenvalue weighted by molar-refractivity contribution is 5.85. The molecule has 0 aromatic carbocycles. The maximum atomic E-state index is 3.32. The number of hydrogen-bond acceptors (Lipinski definition) is 2. The monoisotopic (exact) mass is 182 g/mol. The quantitative estimate of drug-likeness (QED) is 0.582. The van der Waals surface area contributed by atoms with Gasteiger partial charge in [0.2, 0.25) is 0 Å². The molecule has 10 heavy (non-hydrogen) atoms. The van der Waals surface area contributed by atoms with E-state index in [9.17, 15) is 0 Å². The van der Waals surface area contributed by atoms with E-state index >= 15 is 0 Å². The van der Waals surface area contributed by atoms with E-state index in [0.29, 0.717) is 0 Å². The standard InChI is InChI=1S/C6H10N2.2ClH/c1-2-8-6-4-7-3-5(1)6;;/h4-5,7-8H,1-3H2;2*1H. The first-order chi connectivity index (χ1) is 3.97. The summed E-state index contributed by atoms with van der Waals surface area (Å²) in [7, 11) is 0. The maximum absolute atomic E-state index is 3.32. The van der Waals surface area contributed by atoms with E-state index in [1.807, 2.05) is 0 Å². The van der Waals surface area contributed by atoms with Crippen LogP contribution in [-0.4, -0.2) is 13.1 Å². The first-order valence-electron chi connectivity index (χ1n) is 3.14. The van der Waals surface area contributed by atoms with Crippen molar-refractivity contribution in [2.24, 2.45) is 5.92 Å². The molecular weight excluding hydrogens is 171 g/mol. The zero-order valence-corrected chi connectivity index (χ0v) is 7.23. The van der Waals surface area contributed by atoms with Gasteiger partial charge in [0.1, 0.15) is 0 Å². The summed E-state index contributed by atoms with van der Waals surface area (Å²) in [4.78, 5) is 0. The normalized spacial score (nSPS) is 26.4. The molecule has 2 aliphatic heterocycles. The van der Waals surface area contributed by atoms with E-state index in [0.717, 1.165) is 12.5 Å². The molecule has 2 N–H and O–H groups in total. The minimum absolute atomic E-state index is 0. The summed E-state index contributed by atoms with van der Waals surface area (Å²) in [5.41, 5.74) is 1.42. The molecule has 60 valence electrons. The van der Waals surface area contributed by atoms with Crippen molar-refractivity contribution in [1.82, 2.24) is 10.6 Å². The Bertz CT molecular complexity index is 136. The molecule has 1 atom stereocenters. The van der Waals surface area contributed by atoms with Crippen molar-refractivity contribution >= 4 is 24.8 Å². The Morgan fingerprint density at radius 2 is 2.20 bits per heavy atom. The molecule has 0 spiro atoms. The Balaban J connectivity index is 0.000000405. The molecule has 2 heterocycles. The SMILES string of the molecule is C1=C2NCCC2CN1.Cl.Cl. The fraction of sp³-hybridized carbons (Fsp3) is 0.667. The zero-order valence-electron chi connectivity index (χ0n) is 5.59. The van der Waals surface area contributed by atoms with Gasteiger partial charge in [-0.25, -0.2) is 0 Å². The average molecular weight is 183 g/mol. The molecule has 4 heteroatoms. The zero-order chi connectivity index (χ0) is 5.40. The first-order valence-corrected chi connectivity index (χ1v) is 3.14. The Hall–Kier alpha value is -0.0800. The third kappa shape index (κ3) is 1.50. The summed E-state index contributed by atoms with van der Waals surface area (Å²) in [6.45, 7) is 2.33. The summed E-state index contributed by atoms with van der Waals surface area (Å²) in [5, 5.41) is 6.52. The van der Waals surface area contributed by atoms with Crippen LogP contribution in [0.25, 0.3) is 0 Å². The van der Waals surface area contributed by atoms with Gasteiger partial charge in [-0.3, -0.25) is 0 Å². The second kappa shape index (κ2) is 3.94. The van der Waals surface area contributed by atoms with Crippen LogP contribution in [-0.2, 0) is 0 Å². The Morgan fingerprint density at radius 1 is 1.40 bits per heavy atom. The molecule has 0 aliphatic carbocycles. The molecule has 2 aliphatic rings. The molecule has 0 aromatic heterocycles. The van der Waals surface area contributed by atoms with Gasteiger partial charge in [-0.15, -0.1) is 24.8 Å². The summed E-state index contributed by atoms with van der Waals surface area (Å²) >= 11 is 0. The van der Waals surface area contributed by atoms with Crippen LogP contribution in [0.15, 0.2) is 11.9 Å². The lowest BCUT2D eigenvalue weighted by molar-refractivity contribution is 0.647. The van der Waals surface area contributed by atoms with Gasteiger partial charge in [0.05, 0.1) is 0 Å². The summed E-state index contributed by atoms with van der Waals surface area (Å²) in [6, 6.07) is 0.